The number of rotatable bonds is 6. The molecule has 0 saturated heterocycles. The van der Waals surface area contributed by atoms with Crippen LogP contribution in [0.15, 0.2) is 188 Å². The Morgan fingerprint density at radius 1 is 0.362 bits per heavy atom. The van der Waals surface area contributed by atoms with Gasteiger partial charge in [-0.25, -0.2) is 0 Å². The molecule has 8 aliphatic rings. The number of nitrogens with zero attached hydrogens (tertiary/aromatic N) is 1. The van der Waals surface area contributed by atoms with Crippen LogP contribution in [0.2, 0.25) is 0 Å². The molecule has 8 aliphatic carbocycles. The zero-order valence-corrected chi connectivity index (χ0v) is 40.3. The number of hydrogen-bond acceptors (Lipinski definition) is 1. The van der Waals surface area contributed by atoms with E-state index in [0.29, 0.717) is 23.2 Å². The van der Waals surface area contributed by atoms with Crippen molar-refractivity contribution in [2.24, 2.45) is 46.8 Å². The molecule has 338 valence electrons. The van der Waals surface area contributed by atoms with Gasteiger partial charge in [0.25, 0.3) is 0 Å². The molecule has 0 heterocycles. The SMILES string of the molecule is C[C@@H]1C2CC1C[C@]1(c3ccccc3-c3ccc(-c4ccc(-c5ccc(N(c6ccc(-c7ccccc7)cc6)c6ccc7c(c6)[C@@]6(c8ccccc8-7)[C@@H]7C[C@H]8CC8(C7)C[C@@H]6C)cc5)cc4)cc31)[C@@H](C)C2. The lowest BCUT2D eigenvalue weighted by Crippen LogP contribution is -2.44. The summed E-state index contributed by atoms with van der Waals surface area (Å²) in [5.74, 6) is 5.44. The molecule has 10 atom stereocenters. The van der Waals surface area contributed by atoms with Crippen LogP contribution in [0.3, 0.4) is 0 Å². The zero-order chi connectivity index (χ0) is 45.8. The van der Waals surface area contributed by atoms with E-state index in [0.717, 1.165) is 23.7 Å². The Morgan fingerprint density at radius 3 is 1.58 bits per heavy atom. The van der Waals surface area contributed by atoms with Crippen LogP contribution in [0, 0.1) is 46.8 Å². The summed E-state index contributed by atoms with van der Waals surface area (Å²) in [7, 11) is 0. The van der Waals surface area contributed by atoms with Crippen molar-refractivity contribution >= 4 is 17.1 Å². The molecule has 16 rings (SSSR count). The fraction of sp³-hybridized carbons (Fsp3) is 0.294. The molecule has 0 amide bonds. The molecule has 0 aliphatic heterocycles. The standard InChI is InChI=1S/C68H61N/c1-42-33-51-34-52(44(51)3)39-67(42)62-15-9-7-13-58(62)60-31-25-50(35-64(60)67)49-19-17-46(18-20-49)48-23-28-56(29-24-48)69(55-26-21-47(22-27-55)45-11-5-4-6-12-45)57-30-32-61-59-14-8-10-16-63(59)68(65(61)37-57)43(2)38-66-40-53(66)36-54(68)41-66/h4-32,35,37,42-44,51-54H,33-34,36,38-41H2,1-3H3/t42-,43-,44+,51?,52?,53-,54+,66?,67+,68+/m0/s1. The second-order valence-corrected chi connectivity index (χ2v) is 23.3. The molecule has 0 N–H and O–H groups in total. The third-order valence-corrected chi connectivity index (χ3v) is 20.4. The topological polar surface area (TPSA) is 3.24 Å². The molecule has 69 heavy (non-hydrogen) atoms. The third kappa shape index (κ3) is 5.60. The first kappa shape index (κ1) is 40.4. The first-order valence-corrected chi connectivity index (χ1v) is 26.5. The highest BCUT2D eigenvalue weighted by Gasteiger charge is 2.70. The maximum atomic E-state index is 2.62. The fourth-order valence-corrected chi connectivity index (χ4v) is 17.0. The molecule has 1 nitrogen and oxygen atoms in total. The lowest BCUT2D eigenvalue weighted by atomic mass is 9.55. The van der Waals surface area contributed by atoms with Crippen LogP contribution in [0.1, 0.15) is 88.0 Å². The Balaban J connectivity index is 0.784. The summed E-state index contributed by atoms with van der Waals surface area (Å²) in [6.07, 6.45) is 9.65. The van der Waals surface area contributed by atoms with Crippen LogP contribution >= 0.6 is 0 Å². The van der Waals surface area contributed by atoms with Crippen LogP contribution < -0.4 is 4.90 Å². The van der Waals surface area contributed by atoms with Gasteiger partial charge in [0.1, 0.15) is 0 Å². The van der Waals surface area contributed by atoms with E-state index in [9.17, 15) is 0 Å². The minimum absolute atomic E-state index is 0.0678. The van der Waals surface area contributed by atoms with Crippen LogP contribution in [-0.4, -0.2) is 0 Å². The number of fused-ring (bicyclic) bond motifs is 11. The van der Waals surface area contributed by atoms with Gasteiger partial charge in [-0.15, -0.1) is 0 Å². The third-order valence-electron chi connectivity index (χ3n) is 20.4. The summed E-state index contributed by atoms with van der Waals surface area (Å²) in [5.41, 5.74) is 24.1. The van der Waals surface area contributed by atoms with Crippen LogP contribution in [0.25, 0.3) is 55.6 Å². The van der Waals surface area contributed by atoms with Crippen molar-refractivity contribution in [1.29, 1.82) is 0 Å². The number of hydrogen-bond donors (Lipinski definition) is 0. The average Bonchev–Trinajstić information content (AvgIpc) is 3.77. The Bertz CT molecular complexity index is 3350. The average molecular weight is 892 g/mol. The van der Waals surface area contributed by atoms with E-state index in [1.807, 2.05) is 0 Å². The summed E-state index contributed by atoms with van der Waals surface area (Å²) >= 11 is 0. The maximum Gasteiger partial charge on any atom is 0.0465 e. The molecular weight excluding hydrogens is 831 g/mol. The first-order chi connectivity index (χ1) is 33.8. The van der Waals surface area contributed by atoms with Gasteiger partial charge in [-0.1, -0.05) is 166 Å². The molecule has 6 fully saturated rings. The smallest absolute Gasteiger partial charge is 0.0465 e. The van der Waals surface area contributed by atoms with Gasteiger partial charge in [0.05, 0.1) is 0 Å². The molecular formula is C68H61N. The molecule has 3 spiro atoms. The normalized spacial score (nSPS) is 30.2. The molecule has 1 heteroatoms. The van der Waals surface area contributed by atoms with Crippen molar-refractivity contribution in [2.75, 3.05) is 4.90 Å². The number of benzene rings is 8. The quantitative estimate of drug-likeness (QED) is 0.161. The Labute approximate surface area is 409 Å². The molecule has 4 bridgehead atoms. The molecule has 8 aromatic carbocycles. The lowest BCUT2D eigenvalue weighted by molar-refractivity contribution is 0.0882. The summed E-state index contributed by atoms with van der Waals surface area (Å²) in [5, 5.41) is 0. The molecule has 0 aromatic heterocycles. The van der Waals surface area contributed by atoms with Crippen molar-refractivity contribution in [2.45, 2.75) is 76.5 Å². The van der Waals surface area contributed by atoms with Crippen LogP contribution in [0.4, 0.5) is 17.1 Å². The van der Waals surface area contributed by atoms with E-state index in [-0.39, 0.29) is 10.8 Å². The highest BCUT2D eigenvalue weighted by Crippen LogP contribution is 2.78. The number of anilines is 3. The second kappa shape index (κ2) is 14.6. The minimum Gasteiger partial charge on any atom is -0.310 e. The summed E-state index contributed by atoms with van der Waals surface area (Å²) in [4.78, 5) is 2.51. The Kier molecular flexibility index (Phi) is 8.53. The predicted octanol–water partition coefficient (Wildman–Crippen LogP) is 17.8. The summed E-state index contributed by atoms with van der Waals surface area (Å²) in [6, 6.07) is 72.5. The second-order valence-electron chi connectivity index (χ2n) is 23.3. The van der Waals surface area contributed by atoms with Crippen molar-refractivity contribution in [3.05, 3.63) is 210 Å². The molecule has 3 unspecified atom stereocenters. The van der Waals surface area contributed by atoms with Crippen molar-refractivity contribution < 1.29 is 0 Å². The first-order valence-electron chi connectivity index (χ1n) is 26.5. The van der Waals surface area contributed by atoms with E-state index in [2.05, 4.69) is 214 Å². The van der Waals surface area contributed by atoms with E-state index in [1.54, 1.807) is 22.3 Å². The predicted molar refractivity (Wildman–Crippen MR) is 286 cm³/mol. The highest BCUT2D eigenvalue weighted by atomic mass is 15.1. The summed E-state index contributed by atoms with van der Waals surface area (Å²) < 4.78 is 0. The van der Waals surface area contributed by atoms with Gasteiger partial charge >= 0.3 is 0 Å². The Morgan fingerprint density at radius 2 is 0.884 bits per heavy atom. The zero-order valence-electron chi connectivity index (χ0n) is 40.3. The van der Waals surface area contributed by atoms with Gasteiger partial charge in [-0.2, -0.15) is 0 Å². The van der Waals surface area contributed by atoms with E-state index in [4.69, 9.17) is 0 Å². The molecule has 6 saturated carbocycles. The van der Waals surface area contributed by atoms with E-state index < -0.39 is 0 Å². The highest BCUT2D eigenvalue weighted by molar-refractivity contribution is 5.88. The van der Waals surface area contributed by atoms with Gasteiger partial charge in [0.15, 0.2) is 0 Å². The monoisotopic (exact) mass is 891 g/mol. The van der Waals surface area contributed by atoms with Crippen LogP contribution in [-0.2, 0) is 10.8 Å². The molecule has 8 aromatic rings. The maximum absolute atomic E-state index is 2.62. The largest absolute Gasteiger partial charge is 0.310 e. The van der Waals surface area contributed by atoms with Gasteiger partial charge in [-0.05, 0) is 212 Å². The van der Waals surface area contributed by atoms with Gasteiger partial charge in [-0.3, -0.25) is 0 Å². The van der Waals surface area contributed by atoms with Crippen molar-refractivity contribution in [3.63, 3.8) is 0 Å². The van der Waals surface area contributed by atoms with Crippen LogP contribution in [0.5, 0.6) is 0 Å². The molecule has 0 radical (unpaired) electrons. The minimum atomic E-state index is 0.0678. The summed E-state index contributed by atoms with van der Waals surface area (Å²) in [6.45, 7) is 7.69. The van der Waals surface area contributed by atoms with E-state index in [1.165, 1.54) is 118 Å². The van der Waals surface area contributed by atoms with Crippen molar-refractivity contribution in [1.82, 2.24) is 0 Å². The Hall–Kier alpha value is -6.44. The van der Waals surface area contributed by atoms with Gasteiger partial charge < -0.3 is 4.90 Å². The van der Waals surface area contributed by atoms with E-state index >= 15 is 0 Å². The van der Waals surface area contributed by atoms with Gasteiger partial charge in [0.2, 0.25) is 0 Å². The van der Waals surface area contributed by atoms with Gasteiger partial charge in [0, 0.05) is 27.9 Å². The van der Waals surface area contributed by atoms with Crippen molar-refractivity contribution in [3.8, 4) is 55.6 Å². The lowest BCUT2D eigenvalue weighted by Gasteiger charge is -2.48. The fourth-order valence-electron chi connectivity index (χ4n) is 17.0.